The van der Waals surface area contributed by atoms with Crippen molar-refractivity contribution in [3.63, 3.8) is 0 Å². The third kappa shape index (κ3) is 5.74. The molecule has 1 fully saturated rings. The van der Waals surface area contributed by atoms with Gasteiger partial charge in [-0.05, 0) is 19.1 Å². The Morgan fingerprint density at radius 2 is 1.87 bits per heavy atom. The number of para-hydroxylation sites is 1. The lowest BCUT2D eigenvalue weighted by atomic mass is 10.1. The number of rotatable bonds is 6. The standard InChI is InChI=1S/C25H21ClF5N3O4/c1-24(28)9-20(38-23(37)32-10-14-5-4-7-17(26)21(14)27)34(13-24)19(35)12-33-11-16(22(36)25(29,30)31)15-6-2-3-8-18(15)33/h2-8,11,20H,9-10,12-13H2,1H3,(H,32,37)/t20-,24+/m0/s1. The Hall–Kier alpha value is -3.67. The van der Waals surface area contributed by atoms with Gasteiger partial charge in [-0.1, -0.05) is 41.9 Å². The SMILES string of the molecule is C[C@@]1(F)C[C@H](OC(=O)NCc2cccc(Cl)c2F)N(C(=O)Cn2cc(C(=O)C(F)(F)F)c3ccccc32)C1. The molecule has 2 atom stereocenters. The van der Waals surface area contributed by atoms with Crippen molar-refractivity contribution in [2.24, 2.45) is 0 Å². The second-order valence-electron chi connectivity index (χ2n) is 9.08. The van der Waals surface area contributed by atoms with Crippen LogP contribution in [0.4, 0.5) is 26.7 Å². The van der Waals surface area contributed by atoms with E-state index in [1.165, 1.54) is 49.4 Å². The van der Waals surface area contributed by atoms with Crippen LogP contribution < -0.4 is 5.32 Å². The van der Waals surface area contributed by atoms with Crippen LogP contribution in [0.15, 0.2) is 48.7 Å². The van der Waals surface area contributed by atoms with Gasteiger partial charge in [0, 0.05) is 35.6 Å². The molecule has 7 nitrogen and oxygen atoms in total. The van der Waals surface area contributed by atoms with Gasteiger partial charge in [-0.2, -0.15) is 13.2 Å². The highest BCUT2D eigenvalue weighted by Crippen LogP contribution is 2.33. The third-order valence-corrected chi connectivity index (χ3v) is 6.35. The quantitative estimate of drug-likeness (QED) is 0.325. The van der Waals surface area contributed by atoms with Gasteiger partial charge in [0.05, 0.1) is 17.1 Å². The van der Waals surface area contributed by atoms with E-state index in [0.29, 0.717) is 0 Å². The molecule has 1 N–H and O–H groups in total. The highest BCUT2D eigenvalue weighted by molar-refractivity contribution is 6.30. The Labute approximate surface area is 218 Å². The molecule has 2 aromatic carbocycles. The lowest BCUT2D eigenvalue weighted by molar-refractivity contribution is -0.138. The monoisotopic (exact) mass is 557 g/mol. The van der Waals surface area contributed by atoms with E-state index in [2.05, 4.69) is 5.32 Å². The van der Waals surface area contributed by atoms with Crippen LogP contribution in [0.2, 0.25) is 5.02 Å². The van der Waals surface area contributed by atoms with Gasteiger partial charge < -0.3 is 19.5 Å². The highest BCUT2D eigenvalue weighted by Gasteiger charge is 2.46. The molecule has 0 bridgehead atoms. The van der Waals surface area contributed by atoms with Gasteiger partial charge >= 0.3 is 12.3 Å². The summed E-state index contributed by atoms with van der Waals surface area (Å²) in [6, 6.07) is 9.95. The fourth-order valence-electron chi connectivity index (χ4n) is 4.32. The molecule has 0 radical (unpaired) electrons. The Morgan fingerprint density at radius 3 is 2.58 bits per heavy atom. The van der Waals surface area contributed by atoms with Crippen molar-refractivity contribution in [3.8, 4) is 0 Å². The molecule has 3 aromatic rings. The Morgan fingerprint density at radius 1 is 1.16 bits per heavy atom. The van der Waals surface area contributed by atoms with Gasteiger partial charge in [0.15, 0.2) is 6.23 Å². The zero-order valence-corrected chi connectivity index (χ0v) is 20.6. The number of Topliss-reactive ketones (excluding diaryl/α,β-unsaturated/α-hetero) is 1. The maximum absolute atomic E-state index is 14.9. The maximum atomic E-state index is 14.9. The van der Waals surface area contributed by atoms with Crippen LogP contribution in [0.5, 0.6) is 0 Å². The van der Waals surface area contributed by atoms with Gasteiger partial charge in [0.2, 0.25) is 5.91 Å². The number of carbonyl (C=O) groups excluding carboxylic acids is 3. The van der Waals surface area contributed by atoms with E-state index in [1.54, 1.807) is 0 Å². The fourth-order valence-corrected chi connectivity index (χ4v) is 4.51. The second kappa shape index (κ2) is 10.2. The van der Waals surface area contributed by atoms with Crippen LogP contribution in [0, 0.1) is 5.82 Å². The van der Waals surface area contributed by atoms with Gasteiger partial charge in [0.1, 0.15) is 18.0 Å². The summed E-state index contributed by atoms with van der Waals surface area (Å²) in [5.41, 5.74) is -2.28. The number of ketones is 1. The van der Waals surface area contributed by atoms with Gasteiger partial charge in [-0.15, -0.1) is 0 Å². The number of hydrogen-bond acceptors (Lipinski definition) is 4. The van der Waals surface area contributed by atoms with Crippen LogP contribution >= 0.6 is 11.6 Å². The zero-order chi connectivity index (χ0) is 27.8. The first-order valence-corrected chi connectivity index (χ1v) is 11.7. The molecular weight excluding hydrogens is 537 g/mol. The minimum Gasteiger partial charge on any atom is -0.425 e. The lowest BCUT2D eigenvalue weighted by Crippen LogP contribution is -2.42. The molecule has 0 spiro atoms. The van der Waals surface area contributed by atoms with Crippen molar-refractivity contribution in [2.45, 2.75) is 44.5 Å². The normalized spacial score (nSPS) is 19.6. The van der Waals surface area contributed by atoms with Crippen LogP contribution in [0.3, 0.4) is 0 Å². The predicted octanol–water partition coefficient (Wildman–Crippen LogP) is 5.39. The number of amides is 2. The largest absolute Gasteiger partial charge is 0.454 e. The van der Waals surface area contributed by atoms with Gasteiger partial charge in [0.25, 0.3) is 5.78 Å². The van der Waals surface area contributed by atoms with E-state index in [0.717, 1.165) is 15.7 Å². The van der Waals surface area contributed by atoms with Crippen LogP contribution in [0.1, 0.15) is 29.3 Å². The third-order valence-electron chi connectivity index (χ3n) is 6.06. The van der Waals surface area contributed by atoms with E-state index in [-0.39, 0.29) is 34.5 Å². The summed E-state index contributed by atoms with van der Waals surface area (Å²) in [6.45, 7) is -0.0671. The van der Waals surface area contributed by atoms with Gasteiger partial charge in [-0.3, -0.25) is 9.59 Å². The molecule has 13 heteroatoms. The zero-order valence-electron chi connectivity index (χ0n) is 19.8. The van der Waals surface area contributed by atoms with E-state index in [9.17, 15) is 36.3 Å². The number of carbonyl (C=O) groups is 3. The maximum Gasteiger partial charge on any atom is 0.454 e. The summed E-state index contributed by atoms with van der Waals surface area (Å²) in [5.74, 6) is -3.55. The summed E-state index contributed by atoms with van der Waals surface area (Å²) in [4.78, 5) is 38.4. The molecule has 38 heavy (non-hydrogen) atoms. The summed E-state index contributed by atoms with van der Waals surface area (Å²) >= 11 is 5.71. The Kier molecular flexibility index (Phi) is 7.37. The number of fused-ring (bicyclic) bond motifs is 1. The summed E-state index contributed by atoms with van der Waals surface area (Å²) < 4.78 is 74.6. The van der Waals surface area contributed by atoms with Crippen molar-refractivity contribution in [1.82, 2.24) is 14.8 Å². The number of ether oxygens (including phenoxy) is 1. The highest BCUT2D eigenvalue weighted by atomic mass is 35.5. The topological polar surface area (TPSA) is 80.6 Å². The van der Waals surface area contributed by atoms with Crippen molar-refractivity contribution >= 4 is 40.3 Å². The number of benzene rings is 2. The Balaban J connectivity index is 1.50. The number of halogens is 6. The molecule has 0 saturated carbocycles. The number of nitrogens with zero attached hydrogens (tertiary/aromatic N) is 2. The van der Waals surface area contributed by atoms with E-state index >= 15 is 0 Å². The number of alkyl carbamates (subject to hydrolysis) is 1. The van der Waals surface area contributed by atoms with Gasteiger partial charge in [-0.25, -0.2) is 13.6 Å². The van der Waals surface area contributed by atoms with E-state index in [1.807, 2.05) is 0 Å². The molecule has 2 amide bonds. The summed E-state index contributed by atoms with van der Waals surface area (Å²) in [7, 11) is 0. The molecule has 0 aliphatic carbocycles. The molecular formula is C25H21ClF5N3O4. The van der Waals surface area contributed by atoms with Crippen molar-refractivity contribution in [3.05, 3.63) is 70.6 Å². The molecule has 1 aliphatic heterocycles. The molecule has 1 saturated heterocycles. The summed E-state index contributed by atoms with van der Waals surface area (Å²) in [6.07, 6.45) is -6.94. The summed E-state index contributed by atoms with van der Waals surface area (Å²) in [5, 5.41) is 2.17. The lowest BCUT2D eigenvalue weighted by Gasteiger charge is -2.24. The molecule has 1 aliphatic rings. The molecule has 2 heterocycles. The average Bonchev–Trinajstić information content (AvgIpc) is 3.35. The van der Waals surface area contributed by atoms with Crippen LogP contribution in [-0.4, -0.2) is 51.9 Å². The first kappa shape index (κ1) is 27.4. The fraction of sp³-hybridized carbons (Fsp3) is 0.320. The minimum absolute atomic E-state index is 0.000183. The number of likely N-dealkylation sites (tertiary alicyclic amines) is 1. The van der Waals surface area contributed by atoms with E-state index < -0.39 is 60.3 Å². The van der Waals surface area contributed by atoms with Crippen molar-refractivity contribution in [2.75, 3.05) is 6.54 Å². The second-order valence-corrected chi connectivity index (χ2v) is 9.49. The Bertz CT molecular complexity index is 1410. The van der Waals surface area contributed by atoms with Crippen molar-refractivity contribution < 1.29 is 41.1 Å². The van der Waals surface area contributed by atoms with Crippen LogP contribution in [0.25, 0.3) is 10.9 Å². The number of hydrogen-bond donors (Lipinski definition) is 1. The molecule has 0 unspecified atom stereocenters. The smallest absolute Gasteiger partial charge is 0.425 e. The average molecular weight is 558 g/mol. The number of nitrogens with one attached hydrogen (secondary N) is 1. The molecule has 202 valence electrons. The van der Waals surface area contributed by atoms with Crippen LogP contribution in [-0.2, 0) is 22.6 Å². The first-order valence-electron chi connectivity index (χ1n) is 11.3. The molecule has 4 rings (SSSR count). The number of aromatic nitrogens is 1. The molecule has 1 aromatic heterocycles. The predicted molar refractivity (Wildman–Crippen MR) is 127 cm³/mol. The minimum atomic E-state index is -5.12. The van der Waals surface area contributed by atoms with Crippen molar-refractivity contribution in [1.29, 1.82) is 0 Å². The number of alkyl halides is 4. The van der Waals surface area contributed by atoms with E-state index in [4.69, 9.17) is 16.3 Å². The first-order chi connectivity index (χ1) is 17.8.